The summed E-state index contributed by atoms with van der Waals surface area (Å²) in [6, 6.07) is 9.93. The topological polar surface area (TPSA) is 46.3 Å². The van der Waals surface area contributed by atoms with Gasteiger partial charge in [-0.1, -0.05) is 30.3 Å². The number of amides is 1. The summed E-state index contributed by atoms with van der Waals surface area (Å²) >= 11 is 0. The average molecular weight is 220 g/mol. The lowest BCUT2D eigenvalue weighted by Crippen LogP contribution is -2.34. The molecule has 3 heteroatoms. The van der Waals surface area contributed by atoms with Crippen LogP contribution in [0.5, 0.6) is 0 Å². The van der Waals surface area contributed by atoms with Crippen LogP contribution in [0.4, 0.5) is 0 Å². The molecule has 1 unspecified atom stereocenters. The molecule has 2 N–H and O–H groups in total. The van der Waals surface area contributed by atoms with Crippen molar-refractivity contribution < 1.29 is 4.79 Å². The first-order chi connectivity index (χ1) is 7.63. The molecule has 3 nitrogen and oxygen atoms in total. The van der Waals surface area contributed by atoms with E-state index >= 15 is 0 Å². The third-order valence-corrected chi connectivity index (χ3v) is 2.45. The first kappa shape index (κ1) is 12.7. The molecule has 0 aliphatic heterocycles. The van der Waals surface area contributed by atoms with Gasteiger partial charge in [0, 0.05) is 25.6 Å². The van der Waals surface area contributed by atoms with E-state index in [1.54, 1.807) is 0 Å². The summed E-state index contributed by atoms with van der Waals surface area (Å²) in [4.78, 5) is 13.7. The van der Waals surface area contributed by atoms with Crippen molar-refractivity contribution in [3.05, 3.63) is 35.9 Å². The molecule has 0 aliphatic rings. The summed E-state index contributed by atoms with van der Waals surface area (Å²) in [6.45, 7) is 5.24. The van der Waals surface area contributed by atoms with Gasteiger partial charge < -0.3 is 10.6 Å². The Bertz CT molecular complexity index is 322. The van der Waals surface area contributed by atoms with Crippen LogP contribution in [-0.2, 0) is 11.3 Å². The zero-order chi connectivity index (χ0) is 12.0. The highest BCUT2D eigenvalue weighted by Crippen LogP contribution is 2.06. The van der Waals surface area contributed by atoms with Gasteiger partial charge in [0.25, 0.3) is 0 Å². The second kappa shape index (κ2) is 6.28. The highest BCUT2D eigenvalue weighted by molar-refractivity contribution is 5.76. The van der Waals surface area contributed by atoms with Gasteiger partial charge in [0.2, 0.25) is 5.91 Å². The number of nitrogens with two attached hydrogens (primary N) is 1. The van der Waals surface area contributed by atoms with Crippen molar-refractivity contribution in [3.63, 3.8) is 0 Å². The lowest BCUT2D eigenvalue weighted by atomic mass is 10.2. The second-order valence-electron chi connectivity index (χ2n) is 4.07. The predicted molar refractivity (Wildman–Crippen MR) is 65.8 cm³/mol. The van der Waals surface area contributed by atoms with Crippen LogP contribution in [-0.4, -0.2) is 23.4 Å². The van der Waals surface area contributed by atoms with Gasteiger partial charge in [-0.3, -0.25) is 4.79 Å². The molecule has 0 heterocycles. The van der Waals surface area contributed by atoms with Crippen LogP contribution >= 0.6 is 0 Å². The molecule has 1 aromatic rings. The smallest absolute Gasteiger partial charge is 0.224 e. The third-order valence-electron chi connectivity index (χ3n) is 2.45. The highest BCUT2D eigenvalue weighted by Gasteiger charge is 2.13. The fourth-order valence-corrected chi connectivity index (χ4v) is 1.58. The van der Waals surface area contributed by atoms with Gasteiger partial charge in [-0.05, 0) is 19.4 Å². The standard InChI is InChI=1S/C13H20N2O/c1-3-15(13(16)9-11(2)14)10-12-7-5-4-6-8-12/h4-8,11H,3,9-10,14H2,1-2H3. The SMILES string of the molecule is CCN(Cc1ccccc1)C(=O)CC(C)N. The maximum atomic E-state index is 11.8. The summed E-state index contributed by atoms with van der Waals surface area (Å²) in [6.07, 6.45) is 0.417. The zero-order valence-electron chi connectivity index (χ0n) is 10.0. The Labute approximate surface area is 97.2 Å². The number of hydrogen-bond acceptors (Lipinski definition) is 2. The molecule has 0 radical (unpaired) electrons. The number of hydrogen-bond donors (Lipinski definition) is 1. The Morgan fingerprint density at radius 2 is 2.00 bits per heavy atom. The molecule has 0 aromatic heterocycles. The van der Waals surface area contributed by atoms with Crippen molar-refractivity contribution in [1.82, 2.24) is 4.90 Å². The molecule has 0 spiro atoms. The summed E-state index contributed by atoms with van der Waals surface area (Å²) in [5.41, 5.74) is 6.79. The summed E-state index contributed by atoms with van der Waals surface area (Å²) in [5.74, 6) is 0.126. The molecule has 0 saturated heterocycles. The van der Waals surface area contributed by atoms with E-state index in [0.29, 0.717) is 13.0 Å². The minimum absolute atomic E-state index is 0.0719. The van der Waals surface area contributed by atoms with Crippen molar-refractivity contribution in [2.24, 2.45) is 5.73 Å². The predicted octanol–water partition coefficient (Wildman–Crippen LogP) is 1.77. The van der Waals surface area contributed by atoms with Crippen LogP contribution in [0.2, 0.25) is 0 Å². The molecule has 0 aliphatic carbocycles. The Morgan fingerprint density at radius 1 is 1.38 bits per heavy atom. The van der Waals surface area contributed by atoms with Gasteiger partial charge in [-0.25, -0.2) is 0 Å². The molecule has 0 fully saturated rings. The van der Waals surface area contributed by atoms with Crippen LogP contribution in [0.25, 0.3) is 0 Å². The zero-order valence-corrected chi connectivity index (χ0v) is 10.0. The van der Waals surface area contributed by atoms with E-state index in [9.17, 15) is 4.79 Å². The van der Waals surface area contributed by atoms with Gasteiger partial charge in [0.15, 0.2) is 0 Å². The monoisotopic (exact) mass is 220 g/mol. The van der Waals surface area contributed by atoms with Crippen molar-refractivity contribution in [3.8, 4) is 0 Å². The van der Waals surface area contributed by atoms with E-state index < -0.39 is 0 Å². The van der Waals surface area contributed by atoms with Gasteiger partial charge in [0.05, 0.1) is 0 Å². The lowest BCUT2D eigenvalue weighted by Gasteiger charge is -2.21. The second-order valence-corrected chi connectivity index (χ2v) is 4.07. The Kier molecular flexibility index (Phi) is 4.99. The Balaban J connectivity index is 2.58. The van der Waals surface area contributed by atoms with E-state index in [-0.39, 0.29) is 11.9 Å². The number of carbonyl (C=O) groups excluding carboxylic acids is 1. The quantitative estimate of drug-likeness (QED) is 0.822. The number of nitrogens with zero attached hydrogens (tertiary/aromatic N) is 1. The first-order valence-electron chi connectivity index (χ1n) is 5.70. The first-order valence-corrected chi connectivity index (χ1v) is 5.70. The van der Waals surface area contributed by atoms with Crippen LogP contribution in [0.3, 0.4) is 0 Å². The minimum atomic E-state index is -0.0719. The summed E-state index contributed by atoms with van der Waals surface area (Å²) in [5, 5.41) is 0. The Hall–Kier alpha value is -1.35. The number of benzene rings is 1. The van der Waals surface area contributed by atoms with E-state index in [2.05, 4.69) is 0 Å². The normalized spacial score (nSPS) is 12.2. The summed E-state index contributed by atoms with van der Waals surface area (Å²) in [7, 11) is 0. The Morgan fingerprint density at radius 3 is 2.50 bits per heavy atom. The lowest BCUT2D eigenvalue weighted by molar-refractivity contribution is -0.131. The molecule has 0 bridgehead atoms. The highest BCUT2D eigenvalue weighted by atomic mass is 16.2. The molecule has 1 amide bonds. The van der Waals surface area contributed by atoms with Crippen molar-refractivity contribution in [2.45, 2.75) is 32.9 Å². The number of carbonyl (C=O) groups is 1. The molecule has 1 atom stereocenters. The van der Waals surface area contributed by atoms with Gasteiger partial charge in [-0.2, -0.15) is 0 Å². The molecule has 0 saturated carbocycles. The molecule has 1 rings (SSSR count). The van der Waals surface area contributed by atoms with Crippen molar-refractivity contribution >= 4 is 5.91 Å². The van der Waals surface area contributed by atoms with Crippen LogP contribution in [0.1, 0.15) is 25.8 Å². The fraction of sp³-hybridized carbons (Fsp3) is 0.462. The maximum absolute atomic E-state index is 11.8. The number of rotatable bonds is 5. The van der Waals surface area contributed by atoms with E-state index in [1.165, 1.54) is 0 Å². The van der Waals surface area contributed by atoms with Gasteiger partial charge >= 0.3 is 0 Å². The largest absolute Gasteiger partial charge is 0.339 e. The van der Waals surface area contributed by atoms with Crippen LogP contribution in [0.15, 0.2) is 30.3 Å². The minimum Gasteiger partial charge on any atom is -0.339 e. The van der Waals surface area contributed by atoms with Crippen molar-refractivity contribution in [1.29, 1.82) is 0 Å². The molecular formula is C13H20N2O. The van der Waals surface area contributed by atoms with Gasteiger partial charge in [-0.15, -0.1) is 0 Å². The molecule has 1 aromatic carbocycles. The molecule has 88 valence electrons. The fourth-order valence-electron chi connectivity index (χ4n) is 1.58. The van der Waals surface area contributed by atoms with Crippen LogP contribution < -0.4 is 5.73 Å². The molecular weight excluding hydrogens is 200 g/mol. The van der Waals surface area contributed by atoms with Crippen LogP contribution in [0, 0.1) is 0 Å². The maximum Gasteiger partial charge on any atom is 0.224 e. The van der Waals surface area contributed by atoms with E-state index in [0.717, 1.165) is 12.1 Å². The van der Waals surface area contributed by atoms with E-state index in [4.69, 9.17) is 5.73 Å². The van der Waals surface area contributed by atoms with Crippen molar-refractivity contribution in [2.75, 3.05) is 6.54 Å². The van der Waals surface area contributed by atoms with E-state index in [1.807, 2.05) is 49.1 Å². The summed E-state index contributed by atoms with van der Waals surface area (Å²) < 4.78 is 0. The molecule has 16 heavy (non-hydrogen) atoms. The van der Waals surface area contributed by atoms with Gasteiger partial charge in [0.1, 0.15) is 0 Å². The average Bonchev–Trinajstić information content (AvgIpc) is 2.26. The third kappa shape index (κ3) is 4.03.